The number of carbonyl (C=O) groups is 1. The summed E-state index contributed by atoms with van der Waals surface area (Å²) in [5, 5.41) is 33.2. The summed E-state index contributed by atoms with van der Waals surface area (Å²) in [7, 11) is 3.88. The first kappa shape index (κ1) is 29.9. The Morgan fingerprint density at radius 1 is 0.696 bits per heavy atom. The van der Waals surface area contributed by atoms with Gasteiger partial charge in [0.15, 0.2) is 0 Å². The fourth-order valence-electron chi connectivity index (χ4n) is 5.32. The monoisotopic (exact) mass is 607 g/mol. The highest BCUT2D eigenvalue weighted by Crippen LogP contribution is 2.31. The predicted octanol–water partition coefficient (Wildman–Crippen LogP) is 7.02. The van der Waals surface area contributed by atoms with Crippen molar-refractivity contribution in [1.29, 1.82) is 0 Å². The van der Waals surface area contributed by atoms with Gasteiger partial charge < -0.3 is 20.5 Å². The van der Waals surface area contributed by atoms with Crippen molar-refractivity contribution >= 4 is 45.6 Å². The lowest BCUT2D eigenvalue weighted by Crippen LogP contribution is -2.18. The van der Waals surface area contributed by atoms with Crippen LogP contribution in [0.3, 0.4) is 0 Å². The molecule has 0 saturated carbocycles. The summed E-state index contributed by atoms with van der Waals surface area (Å²) in [6.07, 6.45) is 3.11. The molecule has 46 heavy (non-hydrogen) atoms. The van der Waals surface area contributed by atoms with Crippen LogP contribution in [0.25, 0.3) is 32.7 Å². The van der Waals surface area contributed by atoms with Gasteiger partial charge in [0.25, 0.3) is 5.91 Å². The average Bonchev–Trinajstić information content (AvgIpc) is 3.08. The lowest BCUT2D eigenvalue weighted by molar-refractivity contribution is 0.0955. The minimum absolute atomic E-state index is 0.0685. The van der Waals surface area contributed by atoms with E-state index >= 15 is 0 Å². The standard InChI is InChI=1S/C38H33N5O3/c1-43(2)31-15-10-27(11-16-31)38(46)42-41-24-35-33-17-12-29(21-30(33)14-19-37(35)45)28-8-5-6-25(20-28)22-39-40-23-34-32-9-4-3-7-26(32)13-18-36(34)44/h3-21,23-24,39,44-45H,22H2,1-2H3,(H,42,46)/b40-23+,41-24+. The van der Waals surface area contributed by atoms with E-state index in [-0.39, 0.29) is 17.4 Å². The highest BCUT2D eigenvalue weighted by atomic mass is 16.3. The highest BCUT2D eigenvalue weighted by molar-refractivity contribution is 6.04. The van der Waals surface area contributed by atoms with E-state index in [9.17, 15) is 15.0 Å². The van der Waals surface area contributed by atoms with Crippen LogP contribution >= 0.6 is 0 Å². The fourth-order valence-corrected chi connectivity index (χ4v) is 5.32. The zero-order valence-corrected chi connectivity index (χ0v) is 25.5. The highest BCUT2D eigenvalue weighted by Gasteiger charge is 2.09. The summed E-state index contributed by atoms with van der Waals surface area (Å²) >= 11 is 0. The van der Waals surface area contributed by atoms with Crippen LogP contribution in [0.1, 0.15) is 27.0 Å². The van der Waals surface area contributed by atoms with Gasteiger partial charge in [0.2, 0.25) is 0 Å². The quantitative estimate of drug-likeness (QED) is 0.104. The third-order valence-corrected chi connectivity index (χ3v) is 7.82. The van der Waals surface area contributed by atoms with Crippen LogP contribution in [0, 0.1) is 0 Å². The number of aromatic hydroxyl groups is 2. The molecule has 0 saturated heterocycles. The number of phenolic OH excluding ortho intramolecular Hbond substituents is 2. The van der Waals surface area contributed by atoms with Gasteiger partial charge in [-0.1, -0.05) is 66.7 Å². The maximum absolute atomic E-state index is 12.6. The van der Waals surface area contributed by atoms with Crippen LogP contribution in [-0.4, -0.2) is 42.6 Å². The first-order valence-electron chi connectivity index (χ1n) is 14.8. The van der Waals surface area contributed by atoms with Gasteiger partial charge in [-0.3, -0.25) is 4.79 Å². The fraction of sp³-hybridized carbons (Fsp3) is 0.0789. The van der Waals surface area contributed by atoms with Crippen molar-refractivity contribution in [2.75, 3.05) is 19.0 Å². The predicted molar refractivity (Wildman–Crippen MR) is 187 cm³/mol. The van der Waals surface area contributed by atoms with Gasteiger partial charge in [-0.05, 0) is 86.8 Å². The van der Waals surface area contributed by atoms with E-state index in [1.165, 1.54) is 6.21 Å². The van der Waals surface area contributed by atoms with Crippen molar-refractivity contribution in [2.45, 2.75) is 6.54 Å². The Morgan fingerprint density at radius 2 is 1.37 bits per heavy atom. The van der Waals surface area contributed by atoms with Crippen LogP contribution in [-0.2, 0) is 6.54 Å². The number of carbonyl (C=O) groups excluding carboxylic acids is 1. The Kier molecular flexibility index (Phi) is 8.60. The molecule has 0 unspecified atom stereocenters. The number of fused-ring (bicyclic) bond motifs is 2. The Hall–Kier alpha value is -6.15. The van der Waals surface area contributed by atoms with Crippen molar-refractivity contribution < 1.29 is 15.0 Å². The third kappa shape index (κ3) is 6.51. The molecule has 0 bridgehead atoms. The molecule has 0 aromatic heterocycles. The largest absolute Gasteiger partial charge is 0.507 e. The van der Waals surface area contributed by atoms with Gasteiger partial charge in [-0.15, -0.1) is 0 Å². The van der Waals surface area contributed by atoms with E-state index < -0.39 is 0 Å². The SMILES string of the molecule is CN(C)c1ccc(C(=O)N/N=C/c2c(O)ccc3cc(-c4cccc(CN/N=C/c5c(O)ccc6ccccc56)c4)ccc23)cc1. The minimum atomic E-state index is -0.338. The number of benzene rings is 6. The van der Waals surface area contributed by atoms with Crippen LogP contribution in [0.2, 0.25) is 0 Å². The topological polar surface area (TPSA) is 110 Å². The Labute approximate surface area is 266 Å². The normalized spacial score (nSPS) is 11.4. The molecule has 0 spiro atoms. The van der Waals surface area contributed by atoms with Crippen molar-refractivity contribution in [2.24, 2.45) is 10.2 Å². The zero-order chi connectivity index (χ0) is 32.0. The molecule has 0 aliphatic rings. The summed E-state index contributed by atoms with van der Waals surface area (Å²) in [5.41, 5.74) is 11.4. The van der Waals surface area contributed by atoms with Crippen LogP contribution < -0.4 is 15.8 Å². The molecule has 228 valence electrons. The summed E-state index contributed by atoms with van der Waals surface area (Å²) in [5.74, 6) is -0.0876. The van der Waals surface area contributed by atoms with Gasteiger partial charge in [0.1, 0.15) is 11.5 Å². The second-order valence-corrected chi connectivity index (χ2v) is 11.1. The van der Waals surface area contributed by atoms with Gasteiger partial charge in [0, 0.05) is 36.5 Å². The molecule has 0 radical (unpaired) electrons. The van der Waals surface area contributed by atoms with Gasteiger partial charge in [-0.25, -0.2) is 5.43 Å². The maximum Gasteiger partial charge on any atom is 0.271 e. The summed E-state index contributed by atoms with van der Waals surface area (Å²) < 4.78 is 0. The van der Waals surface area contributed by atoms with Crippen molar-refractivity contribution in [3.63, 3.8) is 0 Å². The second-order valence-electron chi connectivity index (χ2n) is 11.1. The van der Waals surface area contributed by atoms with Crippen LogP contribution in [0.15, 0.2) is 125 Å². The molecule has 0 atom stereocenters. The molecule has 6 aromatic carbocycles. The number of hydrogen-bond acceptors (Lipinski definition) is 7. The third-order valence-electron chi connectivity index (χ3n) is 7.82. The van der Waals surface area contributed by atoms with E-state index in [1.807, 2.05) is 97.9 Å². The molecule has 0 heterocycles. The number of anilines is 1. The first-order valence-corrected chi connectivity index (χ1v) is 14.8. The van der Waals surface area contributed by atoms with Gasteiger partial charge in [-0.2, -0.15) is 10.2 Å². The molecule has 1 amide bonds. The number of rotatable bonds is 9. The maximum atomic E-state index is 12.6. The number of amides is 1. The molecule has 4 N–H and O–H groups in total. The lowest BCUT2D eigenvalue weighted by atomic mass is 9.97. The average molecular weight is 608 g/mol. The lowest BCUT2D eigenvalue weighted by Gasteiger charge is -2.12. The molecule has 8 nitrogen and oxygen atoms in total. The van der Waals surface area contributed by atoms with Crippen LogP contribution in [0.4, 0.5) is 5.69 Å². The van der Waals surface area contributed by atoms with Gasteiger partial charge in [0.05, 0.1) is 19.0 Å². The summed E-state index contributed by atoms with van der Waals surface area (Å²) in [4.78, 5) is 14.5. The summed E-state index contributed by atoms with van der Waals surface area (Å²) in [6.45, 7) is 0.503. The number of phenols is 2. The van der Waals surface area contributed by atoms with E-state index in [2.05, 4.69) is 33.2 Å². The van der Waals surface area contributed by atoms with E-state index in [1.54, 1.807) is 30.5 Å². The Balaban J connectivity index is 1.15. The first-order chi connectivity index (χ1) is 22.4. The van der Waals surface area contributed by atoms with Crippen LogP contribution in [0.5, 0.6) is 11.5 Å². The molecule has 0 fully saturated rings. The molecular formula is C38H33N5O3. The number of nitrogens with zero attached hydrogens (tertiary/aromatic N) is 3. The van der Waals surface area contributed by atoms with E-state index in [4.69, 9.17) is 0 Å². The molecular weight excluding hydrogens is 574 g/mol. The minimum Gasteiger partial charge on any atom is -0.507 e. The smallest absolute Gasteiger partial charge is 0.271 e. The number of hydrazone groups is 2. The number of hydrogen-bond donors (Lipinski definition) is 4. The van der Waals surface area contributed by atoms with Gasteiger partial charge >= 0.3 is 0 Å². The molecule has 8 heteroatoms. The van der Waals surface area contributed by atoms with E-state index in [0.717, 1.165) is 43.9 Å². The van der Waals surface area contributed by atoms with Crippen molar-refractivity contribution in [1.82, 2.24) is 10.9 Å². The second kappa shape index (κ2) is 13.2. The Morgan fingerprint density at radius 3 is 2.13 bits per heavy atom. The van der Waals surface area contributed by atoms with Crippen molar-refractivity contribution in [3.05, 3.63) is 138 Å². The zero-order valence-electron chi connectivity index (χ0n) is 25.5. The molecule has 0 aliphatic carbocycles. The molecule has 6 rings (SSSR count). The number of nitrogens with one attached hydrogen (secondary N) is 2. The summed E-state index contributed by atoms with van der Waals surface area (Å²) in [6, 6.07) is 36.3. The van der Waals surface area contributed by atoms with E-state index in [0.29, 0.717) is 23.2 Å². The Bertz CT molecular complexity index is 2100. The van der Waals surface area contributed by atoms with Crippen molar-refractivity contribution in [3.8, 4) is 22.6 Å². The molecule has 6 aromatic rings. The molecule has 0 aliphatic heterocycles.